The molecule has 2 heteroatoms. The maximum atomic E-state index is 4.58. The molecule has 0 bridgehead atoms. The number of para-hydroxylation sites is 2. The fourth-order valence-electron chi connectivity index (χ4n) is 1.72. The summed E-state index contributed by atoms with van der Waals surface area (Å²) in [5.41, 5.74) is 2.12. The molecule has 0 saturated carbocycles. The van der Waals surface area contributed by atoms with E-state index in [0.717, 1.165) is 11.0 Å². The van der Waals surface area contributed by atoms with Gasteiger partial charge in [0.1, 0.15) is 0 Å². The molecule has 0 saturated heterocycles. The molecular formula is C13H10KN. The third-order valence-electron chi connectivity index (χ3n) is 2.43. The Bertz CT molecular complexity index is 505. The zero-order chi connectivity index (χ0) is 9.38. The Balaban J connectivity index is 0.000000640. The van der Waals surface area contributed by atoms with Gasteiger partial charge in [-0.2, -0.15) is 0 Å². The average Bonchev–Trinajstić information content (AvgIpc) is 2.26. The smallest absolute Gasteiger partial charge is 1.00 e. The quantitative estimate of drug-likeness (QED) is 0.396. The third kappa shape index (κ3) is 2.14. The molecule has 1 aromatic heterocycles. The minimum absolute atomic E-state index is 0. The average molecular weight is 219 g/mol. The molecule has 15 heavy (non-hydrogen) atoms. The summed E-state index contributed by atoms with van der Waals surface area (Å²) in [5, 5.41) is 2.40. The van der Waals surface area contributed by atoms with Gasteiger partial charge in [-0.05, 0) is 18.2 Å². The van der Waals surface area contributed by atoms with Crippen molar-refractivity contribution in [2.75, 3.05) is 0 Å². The van der Waals surface area contributed by atoms with E-state index in [4.69, 9.17) is 0 Å². The molecule has 68 valence electrons. The zero-order valence-electron chi connectivity index (χ0n) is 9.64. The fraction of sp³-hybridized carbons (Fsp3) is 0. The van der Waals surface area contributed by atoms with Crippen LogP contribution in [0, 0.1) is 0 Å². The van der Waals surface area contributed by atoms with Crippen molar-refractivity contribution in [2.45, 2.75) is 0 Å². The largest absolute Gasteiger partial charge is 1.00 e. The molecule has 0 unspecified atom stereocenters. The Kier molecular flexibility index (Phi) is 3.54. The Morgan fingerprint density at radius 3 is 1.73 bits per heavy atom. The van der Waals surface area contributed by atoms with E-state index >= 15 is 0 Å². The number of fused-ring (bicyclic) bond motifs is 2. The molecule has 0 radical (unpaired) electrons. The summed E-state index contributed by atoms with van der Waals surface area (Å²) >= 11 is 0. The molecule has 2 aromatic carbocycles. The minimum Gasteiger partial charge on any atom is -1.00 e. The van der Waals surface area contributed by atoms with Crippen LogP contribution in [-0.4, -0.2) is 4.98 Å². The van der Waals surface area contributed by atoms with Crippen molar-refractivity contribution >= 4 is 21.8 Å². The van der Waals surface area contributed by atoms with Crippen molar-refractivity contribution in [3.05, 3.63) is 54.6 Å². The summed E-state index contributed by atoms with van der Waals surface area (Å²) in [4.78, 5) is 4.58. The Morgan fingerprint density at radius 1 is 0.733 bits per heavy atom. The van der Waals surface area contributed by atoms with Crippen molar-refractivity contribution in [3.8, 4) is 0 Å². The van der Waals surface area contributed by atoms with Crippen molar-refractivity contribution in [1.82, 2.24) is 4.98 Å². The summed E-state index contributed by atoms with van der Waals surface area (Å²) in [7, 11) is 0. The van der Waals surface area contributed by atoms with Crippen LogP contribution in [0.2, 0.25) is 0 Å². The van der Waals surface area contributed by atoms with Crippen molar-refractivity contribution in [1.29, 1.82) is 0 Å². The number of hydrogen-bond acceptors (Lipinski definition) is 1. The van der Waals surface area contributed by atoms with Gasteiger partial charge >= 0.3 is 51.4 Å². The Morgan fingerprint density at radius 2 is 1.20 bits per heavy atom. The normalized spacial score (nSPS) is 10.1. The van der Waals surface area contributed by atoms with Gasteiger partial charge in [-0.1, -0.05) is 36.4 Å². The van der Waals surface area contributed by atoms with Gasteiger partial charge in [0.25, 0.3) is 0 Å². The summed E-state index contributed by atoms with van der Waals surface area (Å²) in [6.45, 7) is 0. The number of aromatic nitrogens is 1. The standard InChI is InChI=1S/C13H9N.K.H/c1-3-7-12-10(5-1)9-11-6-2-4-8-13(11)14-12;;/h1-9H;;/q;+1;-1. The molecule has 0 N–H and O–H groups in total. The number of rotatable bonds is 0. The SMILES string of the molecule is [H-].[K+].c1ccc2nc3ccccc3cc2c1. The van der Waals surface area contributed by atoms with Crippen LogP contribution in [-0.2, 0) is 0 Å². The van der Waals surface area contributed by atoms with Gasteiger partial charge in [0, 0.05) is 10.8 Å². The first-order chi connectivity index (χ1) is 6.93. The van der Waals surface area contributed by atoms with E-state index < -0.39 is 0 Å². The predicted molar refractivity (Wildman–Crippen MR) is 60.4 cm³/mol. The van der Waals surface area contributed by atoms with Crippen LogP contribution in [0.3, 0.4) is 0 Å². The van der Waals surface area contributed by atoms with Gasteiger partial charge in [-0.15, -0.1) is 0 Å². The number of benzene rings is 2. The number of nitrogens with zero attached hydrogens (tertiary/aromatic N) is 1. The molecule has 3 rings (SSSR count). The topological polar surface area (TPSA) is 12.9 Å². The second kappa shape index (κ2) is 4.72. The van der Waals surface area contributed by atoms with Crippen molar-refractivity contribution in [2.24, 2.45) is 0 Å². The van der Waals surface area contributed by atoms with E-state index in [9.17, 15) is 0 Å². The van der Waals surface area contributed by atoms with E-state index in [1.165, 1.54) is 10.8 Å². The number of pyridine rings is 1. The molecule has 0 aliphatic carbocycles. The van der Waals surface area contributed by atoms with Gasteiger partial charge in [-0.25, -0.2) is 4.98 Å². The molecule has 1 nitrogen and oxygen atoms in total. The molecule has 1 heterocycles. The van der Waals surface area contributed by atoms with E-state index in [2.05, 4.69) is 23.2 Å². The van der Waals surface area contributed by atoms with Gasteiger partial charge in [0.15, 0.2) is 0 Å². The Labute approximate surface area is 132 Å². The second-order valence-corrected chi connectivity index (χ2v) is 3.37. The Hall–Kier alpha value is -0.254. The van der Waals surface area contributed by atoms with E-state index in [-0.39, 0.29) is 52.8 Å². The monoisotopic (exact) mass is 219 g/mol. The predicted octanol–water partition coefficient (Wildman–Crippen LogP) is 0.504. The van der Waals surface area contributed by atoms with Crippen LogP contribution in [0.4, 0.5) is 0 Å². The zero-order valence-corrected chi connectivity index (χ0v) is 11.8. The summed E-state index contributed by atoms with van der Waals surface area (Å²) < 4.78 is 0. The van der Waals surface area contributed by atoms with Crippen LogP contribution in [0.5, 0.6) is 0 Å². The van der Waals surface area contributed by atoms with E-state index in [0.29, 0.717) is 0 Å². The molecular weight excluding hydrogens is 209 g/mol. The molecule has 0 aliphatic heterocycles. The molecule has 0 amide bonds. The molecule has 0 atom stereocenters. The van der Waals surface area contributed by atoms with Crippen molar-refractivity contribution < 1.29 is 52.8 Å². The van der Waals surface area contributed by atoms with Crippen LogP contribution < -0.4 is 51.4 Å². The summed E-state index contributed by atoms with van der Waals surface area (Å²) in [5.74, 6) is 0. The van der Waals surface area contributed by atoms with Gasteiger partial charge in [-0.3, -0.25) is 0 Å². The molecule has 0 spiro atoms. The second-order valence-electron chi connectivity index (χ2n) is 3.37. The van der Waals surface area contributed by atoms with Crippen LogP contribution in [0.15, 0.2) is 54.6 Å². The molecule has 0 aliphatic rings. The van der Waals surface area contributed by atoms with Gasteiger partial charge in [0.05, 0.1) is 11.0 Å². The first-order valence-electron chi connectivity index (χ1n) is 4.68. The number of hydrogen-bond donors (Lipinski definition) is 0. The van der Waals surface area contributed by atoms with Crippen molar-refractivity contribution in [3.63, 3.8) is 0 Å². The molecule has 3 aromatic rings. The van der Waals surface area contributed by atoms with Gasteiger partial charge in [0.2, 0.25) is 0 Å². The summed E-state index contributed by atoms with van der Waals surface area (Å²) in [6, 6.07) is 18.6. The van der Waals surface area contributed by atoms with E-state index in [1.54, 1.807) is 0 Å². The van der Waals surface area contributed by atoms with Gasteiger partial charge < -0.3 is 1.43 Å². The summed E-state index contributed by atoms with van der Waals surface area (Å²) in [6.07, 6.45) is 0. The molecule has 0 fully saturated rings. The first kappa shape index (κ1) is 11.2. The third-order valence-corrected chi connectivity index (χ3v) is 2.43. The fourth-order valence-corrected chi connectivity index (χ4v) is 1.72. The minimum atomic E-state index is 0. The maximum Gasteiger partial charge on any atom is 1.00 e. The first-order valence-corrected chi connectivity index (χ1v) is 4.68. The maximum absolute atomic E-state index is 4.58. The van der Waals surface area contributed by atoms with E-state index in [1.807, 2.05) is 36.4 Å². The van der Waals surface area contributed by atoms with Crippen LogP contribution in [0.25, 0.3) is 21.8 Å². The van der Waals surface area contributed by atoms with Crippen LogP contribution >= 0.6 is 0 Å². The van der Waals surface area contributed by atoms with Crippen LogP contribution in [0.1, 0.15) is 1.43 Å².